The molecule has 0 aromatic heterocycles. The molecule has 1 atom stereocenters. The number of benzene rings is 2. The van der Waals surface area contributed by atoms with E-state index in [1.165, 1.54) is 20.3 Å². The maximum absolute atomic E-state index is 12.5. The molecule has 0 radical (unpaired) electrons. The minimum atomic E-state index is -0.938. The minimum absolute atomic E-state index is 0.249. The first-order valence-corrected chi connectivity index (χ1v) is 9.63. The molecular formula is C22H24ClNO6. The number of halogens is 1. The molecule has 160 valence electrons. The van der Waals surface area contributed by atoms with Crippen LogP contribution in [0.5, 0.6) is 11.5 Å². The number of carbonyl (C=O) groups excluding carboxylic acids is 3. The van der Waals surface area contributed by atoms with Crippen LogP contribution < -0.4 is 14.8 Å². The number of nitrogens with one attached hydrogen (secondary N) is 1. The molecule has 0 fully saturated rings. The molecule has 0 spiro atoms. The van der Waals surface area contributed by atoms with Gasteiger partial charge in [-0.05, 0) is 36.2 Å². The SMILES string of the molecule is COc1ccc(C(=O)COC(=O)[C@@H](NC(=O)c2ccccc2Cl)C(C)C)cc1OC. The Balaban J connectivity index is 2.04. The van der Waals surface area contributed by atoms with E-state index in [0.717, 1.165) is 0 Å². The van der Waals surface area contributed by atoms with Crippen LogP contribution in [0.3, 0.4) is 0 Å². The zero-order chi connectivity index (χ0) is 22.3. The largest absolute Gasteiger partial charge is 0.493 e. The summed E-state index contributed by atoms with van der Waals surface area (Å²) in [6.07, 6.45) is 0. The van der Waals surface area contributed by atoms with Gasteiger partial charge < -0.3 is 19.5 Å². The van der Waals surface area contributed by atoms with Crippen molar-refractivity contribution in [1.82, 2.24) is 5.32 Å². The standard InChI is InChI=1S/C22H24ClNO6/c1-13(2)20(24-21(26)15-7-5-6-8-16(15)23)22(27)30-12-17(25)14-9-10-18(28-3)19(11-14)29-4/h5-11,13,20H,12H2,1-4H3,(H,24,26)/t20-/m0/s1. The van der Waals surface area contributed by atoms with Crippen molar-refractivity contribution in [2.45, 2.75) is 19.9 Å². The fraction of sp³-hybridized carbons (Fsp3) is 0.318. The first-order chi connectivity index (χ1) is 14.3. The highest BCUT2D eigenvalue weighted by Crippen LogP contribution is 2.27. The van der Waals surface area contributed by atoms with Crippen molar-refractivity contribution >= 4 is 29.3 Å². The molecule has 1 amide bonds. The summed E-state index contributed by atoms with van der Waals surface area (Å²) in [6.45, 7) is 3.05. The highest BCUT2D eigenvalue weighted by atomic mass is 35.5. The number of hydrogen-bond donors (Lipinski definition) is 1. The van der Waals surface area contributed by atoms with Gasteiger partial charge in [-0.2, -0.15) is 0 Å². The first-order valence-electron chi connectivity index (χ1n) is 9.25. The lowest BCUT2D eigenvalue weighted by molar-refractivity contribution is -0.145. The van der Waals surface area contributed by atoms with E-state index in [-0.39, 0.29) is 16.5 Å². The van der Waals surface area contributed by atoms with E-state index in [9.17, 15) is 14.4 Å². The zero-order valence-electron chi connectivity index (χ0n) is 17.2. The average molecular weight is 434 g/mol. The number of ketones is 1. The molecule has 0 unspecified atom stereocenters. The van der Waals surface area contributed by atoms with Gasteiger partial charge >= 0.3 is 5.97 Å². The molecule has 30 heavy (non-hydrogen) atoms. The Labute approximate surface area is 180 Å². The molecule has 0 saturated heterocycles. The highest BCUT2D eigenvalue weighted by Gasteiger charge is 2.27. The molecule has 7 nitrogen and oxygen atoms in total. The molecule has 2 aromatic rings. The number of methoxy groups -OCH3 is 2. The molecule has 0 aliphatic heterocycles. The third-order valence-corrected chi connectivity index (χ3v) is 4.71. The van der Waals surface area contributed by atoms with Crippen molar-refractivity contribution in [1.29, 1.82) is 0 Å². The van der Waals surface area contributed by atoms with Crippen molar-refractivity contribution in [3.05, 3.63) is 58.6 Å². The van der Waals surface area contributed by atoms with Gasteiger partial charge in [0.1, 0.15) is 6.04 Å². The molecule has 0 heterocycles. The van der Waals surface area contributed by atoms with Crippen molar-refractivity contribution in [2.75, 3.05) is 20.8 Å². The topological polar surface area (TPSA) is 90.9 Å². The second-order valence-electron chi connectivity index (χ2n) is 6.78. The molecule has 2 aromatic carbocycles. The number of carbonyl (C=O) groups is 3. The minimum Gasteiger partial charge on any atom is -0.493 e. The summed E-state index contributed by atoms with van der Waals surface area (Å²) in [5.41, 5.74) is 0.556. The van der Waals surface area contributed by atoms with Crippen LogP contribution in [0.25, 0.3) is 0 Å². The lowest BCUT2D eigenvalue weighted by Crippen LogP contribution is -2.45. The van der Waals surface area contributed by atoms with Gasteiger partial charge in [0.2, 0.25) is 0 Å². The normalized spacial score (nSPS) is 11.5. The second-order valence-corrected chi connectivity index (χ2v) is 7.18. The summed E-state index contributed by atoms with van der Waals surface area (Å²) < 4.78 is 15.5. The van der Waals surface area contributed by atoms with Crippen molar-refractivity contribution < 1.29 is 28.6 Å². The molecule has 0 aliphatic rings. The van der Waals surface area contributed by atoms with Gasteiger partial charge in [-0.3, -0.25) is 9.59 Å². The molecule has 2 rings (SSSR count). The van der Waals surface area contributed by atoms with Gasteiger partial charge in [-0.1, -0.05) is 37.6 Å². The number of hydrogen-bond acceptors (Lipinski definition) is 6. The number of amides is 1. The lowest BCUT2D eigenvalue weighted by atomic mass is 10.0. The highest BCUT2D eigenvalue weighted by molar-refractivity contribution is 6.33. The van der Waals surface area contributed by atoms with E-state index in [1.807, 2.05) is 0 Å². The Hall–Kier alpha value is -3.06. The van der Waals surface area contributed by atoms with Crippen LogP contribution in [0.4, 0.5) is 0 Å². The zero-order valence-corrected chi connectivity index (χ0v) is 18.0. The predicted octanol–water partition coefficient (Wildman–Crippen LogP) is 3.54. The van der Waals surface area contributed by atoms with E-state index in [2.05, 4.69) is 5.32 Å². The van der Waals surface area contributed by atoms with E-state index in [0.29, 0.717) is 17.1 Å². The molecular weight excluding hydrogens is 410 g/mol. The molecule has 0 saturated carbocycles. The Morgan fingerprint density at radius 3 is 2.27 bits per heavy atom. The number of ether oxygens (including phenoxy) is 3. The maximum atomic E-state index is 12.5. The second kappa shape index (κ2) is 10.6. The number of esters is 1. The van der Waals surface area contributed by atoms with E-state index >= 15 is 0 Å². The van der Waals surface area contributed by atoms with Crippen LogP contribution >= 0.6 is 11.6 Å². The molecule has 8 heteroatoms. The molecule has 0 bridgehead atoms. The monoisotopic (exact) mass is 433 g/mol. The average Bonchev–Trinajstić information content (AvgIpc) is 2.74. The van der Waals surface area contributed by atoms with Gasteiger partial charge in [0.05, 0.1) is 24.8 Å². The van der Waals surface area contributed by atoms with Crippen LogP contribution in [0, 0.1) is 5.92 Å². The summed E-state index contributed by atoms with van der Waals surface area (Å²) in [5, 5.41) is 2.90. The predicted molar refractivity (Wildman–Crippen MR) is 112 cm³/mol. The van der Waals surface area contributed by atoms with Gasteiger partial charge in [-0.15, -0.1) is 0 Å². The summed E-state index contributed by atoms with van der Waals surface area (Å²) in [4.78, 5) is 37.4. The smallest absolute Gasteiger partial charge is 0.329 e. The van der Waals surface area contributed by atoms with E-state index in [1.54, 1.807) is 50.2 Å². The third-order valence-electron chi connectivity index (χ3n) is 4.38. The Morgan fingerprint density at radius 2 is 1.67 bits per heavy atom. The molecule has 1 N–H and O–H groups in total. The van der Waals surface area contributed by atoms with Crippen LogP contribution in [0.15, 0.2) is 42.5 Å². The van der Waals surface area contributed by atoms with Gasteiger partial charge in [0.25, 0.3) is 5.91 Å². The fourth-order valence-electron chi connectivity index (χ4n) is 2.68. The van der Waals surface area contributed by atoms with Crippen molar-refractivity contribution in [3.8, 4) is 11.5 Å². The van der Waals surface area contributed by atoms with Crippen LogP contribution in [-0.4, -0.2) is 44.5 Å². The van der Waals surface area contributed by atoms with E-state index in [4.69, 9.17) is 25.8 Å². The maximum Gasteiger partial charge on any atom is 0.329 e. The van der Waals surface area contributed by atoms with Crippen LogP contribution in [0.2, 0.25) is 5.02 Å². The lowest BCUT2D eigenvalue weighted by Gasteiger charge is -2.21. The summed E-state index contributed by atoms with van der Waals surface area (Å²) in [5.74, 6) is -1.01. The van der Waals surface area contributed by atoms with Gasteiger partial charge in [0.15, 0.2) is 23.9 Å². The Morgan fingerprint density at radius 1 is 1.00 bits per heavy atom. The van der Waals surface area contributed by atoms with Gasteiger partial charge in [0, 0.05) is 5.56 Å². The number of rotatable bonds is 9. The summed E-state index contributed by atoms with van der Waals surface area (Å²) >= 11 is 6.04. The molecule has 0 aliphatic carbocycles. The van der Waals surface area contributed by atoms with Crippen LogP contribution in [0.1, 0.15) is 34.6 Å². The first kappa shape index (κ1) is 23.2. The summed E-state index contributed by atoms with van der Waals surface area (Å²) in [7, 11) is 2.95. The number of Topliss-reactive ketones (excluding diaryl/α,β-unsaturated/α-hetero) is 1. The van der Waals surface area contributed by atoms with Crippen molar-refractivity contribution in [2.24, 2.45) is 5.92 Å². The van der Waals surface area contributed by atoms with Crippen LogP contribution in [-0.2, 0) is 9.53 Å². The van der Waals surface area contributed by atoms with Crippen molar-refractivity contribution in [3.63, 3.8) is 0 Å². The summed E-state index contributed by atoms with van der Waals surface area (Å²) in [6, 6.07) is 10.2. The van der Waals surface area contributed by atoms with Gasteiger partial charge in [-0.25, -0.2) is 4.79 Å². The Kier molecular flexibility index (Phi) is 8.24. The fourth-order valence-corrected chi connectivity index (χ4v) is 2.90. The van der Waals surface area contributed by atoms with E-state index < -0.39 is 30.3 Å². The Bertz CT molecular complexity index is 928. The third kappa shape index (κ3) is 5.73. The quantitative estimate of drug-likeness (QED) is 0.480.